The first-order valence-electron chi connectivity index (χ1n) is 7.00. The third-order valence-corrected chi connectivity index (χ3v) is 4.05. The van der Waals surface area contributed by atoms with E-state index >= 15 is 0 Å². The van der Waals surface area contributed by atoms with Gasteiger partial charge in [-0.3, -0.25) is 0 Å². The van der Waals surface area contributed by atoms with Crippen molar-refractivity contribution in [1.29, 1.82) is 0 Å². The third kappa shape index (κ3) is 3.22. The van der Waals surface area contributed by atoms with Gasteiger partial charge < -0.3 is 20.6 Å². The zero-order valence-electron chi connectivity index (χ0n) is 12.2. The van der Waals surface area contributed by atoms with Gasteiger partial charge in [-0.15, -0.1) is 0 Å². The first-order valence-corrected chi connectivity index (χ1v) is 7.00. The van der Waals surface area contributed by atoms with Gasteiger partial charge >= 0.3 is 5.97 Å². The molecule has 0 unspecified atom stereocenters. The highest BCUT2D eigenvalue weighted by molar-refractivity contribution is 5.97. The van der Waals surface area contributed by atoms with E-state index in [0.717, 1.165) is 32.5 Å². The summed E-state index contributed by atoms with van der Waals surface area (Å²) in [5, 5.41) is 9.29. The van der Waals surface area contributed by atoms with Gasteiger partial charge in [0, 0.05) is 13.6 Å². The molecule has 1 aliphatic rings. The second-order valence-corrected chi connectivity index (χ2v) is 5.68. The molecular weight excluding hydrogens is 254 g/mol. The van der Waals surface area contributed by atoms with E-state index in [1.54, 1.807) is 18.2 Å². The molecule has 5 nitrogen and oxygen atoms in total. The van der Waals surface area contributed by atoms with Crippen LogP contribution in [0, 0.1) is 5.92 Å². The van der Waals surface area contributed by atoms with Crippen LogP contribution in [0.5, 0.6) is 0 Å². The molecule has 110 valence electrons. The number of likely N-dealkylation sites (tertiary alicyclic amines) is 1. The van der Waals surface area contributed by atoms with Crippen LogP contribution in [0.15, 0.2) is 18.2 Å². The normalized spacial score (nSPS) is 17.1. The number of piperidine rings is 1. The van der Waals surface area contributed by atoms with Crippen molar-refractivity contribution in [2.45, 2.75) is 12.8 Å². The molecule has 1 heterocycles. The second kappa shape index (κ2) is 6.13. The van der Waals surface area contributed by atoms with Crippen LogP contribution < -0.4 is 10.6 Å². The van der Waals surface area contributed by atoms with E-state index in [1.165, 1.54) is 0 Å². The summed E-state index contributed by atoms with van der Waals surface area (Å²) in [4.78, 5) is 15.6. The highest BCUT2D eigenvalue weighted by atomic mass is 16.4. The van der Waals surface area contributed by atoms with Gasteiger partial charge in [-0.2, -0.15) is 0 Å². The van der Waals surface area contributed by atoms with Crippen LogP contribution in [0.4, 0.5) is 11.4 Å². The number of hydrogen-bond acceptors (Lipinski definition) is 4. The summed E-state index contributed by atoms with van der Waals surface area (Å²) in [6, 6.07) is 5.05. The first kappa shape index (κ1) is 14.7. The van der Waals surface area contributed by atoms with Gasteiger partial charge in [-0.25, -0.2) is 4.79 Å². The lowest BCUT2D eigenvalue weighted by molar-refractivity contribution is 0.0697. The lowest BCUT2D eigenvalue weighted by Crippen LogP contribution is -2.36. The molecule has 0 amide bonds. The summed E-state index contributed by atoms with van der Waals surface area (Å²) in [5.41, 5.74) is 7.42. The lowest BCUT2D eigenvalue weighted by Gasteiger charge is -2.33. The van der Waals surface area contributed by atoms with Gasteiger partial charge in [0.1, 0.15) is 0 Å². The zero-order chi connectivity index (χ0) is 14.7. The molecule has 5 heteroatoms. The number of carbonyl (C=O) groups is 1. The number of rotatable bonds is 4. The smallest absolute Gasteiger partial charge is 0.337 e. The largest absolute Gasteiger partial charge is 0.478 e. The molecule has 0 spiro atoms. The maximum atomic E-state index is 11.3. The van der Waals surface area contributed by atoms with Gasteiger partial charge in [0.2, 0.25) is 0 Å². The average molecular weight is 277 g/mol. The monoisotopic (exact) mass is 277 g/mol. The van der Waals surface area contributed by atoms with Crippen molar-refractivity contribution in [2.75, 3.05) is 44.4 Å². The Morgan fingerprint density at radius 1 is 1.45 bits per heavy atom. The third-order valence-electron chi connectivity index (χ3n) is 4.05. The SMILES string of the molecule is CN1CCC(CN(C)c2c(N)cccc2C(=O)O)CC1. The van der Waals surface area contributed by atoms with Crippen molar-refractivity contribution in [3.63, 3.8) is 0 Å². The fourth-order valence-electron chi connectivity index (χ4n) is 2.88. The highest BCUT2D eigenvalue weighted by Gasteiger charge is 2.21. The van der Waals surface area contributed by atoms with Gasteiger partial charge in [-0.05, 0) is 51.0 Å². The molecule has 1 aromatic carbocycles. The lowest BCUT2D eigenvalue weighted by atomic mass is 9.96. The van der Waals surface area contributed by atoms with Crippen molar-refractivity contribution in [3.8, 4) is 0 Å². The van der Waals surface area contributed by atoms with E-state index in [-0.39, 0.29) is 5.56 Å². The Labute approximate surface area is 120 Å². The van der Waals surface area contributed by atoms with Crippen LogP contribution in [0.25, 0.3) is 0 Å². The van der Waals surface area contributed by atoms with E-state index in [1.807, 2.05) is 11.9 Å². The molecule has 3 N–H and O–H groups in total. The number of nitrogens with zero attached hydrogens (tertiary/aromatic N) is 2. The molecule has 1 aromatic rings. The van der Waals surface area contributed by atoms with Crippen LogP contribution in [-0.2, 0) is 0 Å². The molecule has 1 saturated heterocycles. The number of carboxylic acids is 1. The van der Waals surface area contributed by atoms with Crippen LogP contribution in [0.1, 0.15) is 23.2 Å². The molecule has 1 fully saturated rings. The molecule has 0 aromatic heterocycles. The fraction of sp³-hybridized carbons (Fsp3) is 0.533. The number of carboxylic acid groups (broad SMARTS) is 1. The van der Waals surface area contributed by atoms with Gasteiger partial charge in [0.05, 0.1) is 16.9 Å². The number of anilines is 2. The number of hydrogen-bond donors (Lipinski definition) is 2. The van der Waals surface area contributed by atoms with Crippen LogP contribution >= 0.6 is 0 Å². The van der Waals surface area contributed by atoms with Crippen LogP contribution in [-0.4, -0.2) is 49.7 Å². The van der Waals surface area contributed by atoms with Crippen LogP contribution in [0.3, 0.4) is 0 Å². The fourth-order valence-corrected chi connectivity index (χ4v) is 2.88. The Hall–Kier alpha value is -1.75. The number of nitrogen functional groups attached to an aromatic ring is 1. The average Bonchev–Trinajstić information content (AvgIpc) is 2.40. The van der Waals surface area contributed by atoms with Crippen molar-refractivity contribution in [1.82, 2.24) is 4.90 Å². The number of aromatic carboxylic acids is 1. The molecule has 0 aliphatic carbocycles. The summed E-state index contributed by atoms with van der Waals surface area (Å²) < 4.78 is 0. The Morgan fingerprint density at radius 2 is 2.10 bits per heavy atom. The van der Waals surface area contributed by atoms with Crippen molar-refractivity contribution in [2.24, 2.45) is 5.92 Å². The maximum absolute atomic E-state index is 11.3. The van der Waals surface area contributed by atoms with E-state index in [2.05, 4.69) is 11.9 Å². The zero-order valence-corrected chi connectivity index (χ0v) is 12.2. The molecule has 0 bridgehead atoms. The maximum Gasteiger partial charge on any atom is 0.337 e. The highest BCUT2D eigenvalue weighted by Crippen LogP contribution is 2.29. The Kier molecular flexibility index (Phi) is 4.49. The minimum Gasteiger partial charge on any atom is -0.478 e. The molecule has 2 rings (SSSR count). The molecule has 0 radical (unpaired) electrons. The number of nitrogens with two attached hydrogens (primary N) is 1. The quantitative estimate of drug-likeness (QED) is 0.820. The topological polar surface area (TPSA) is 69.8 Å². The van der Waals surface area contributed by atoms with Crippen molar-refractivity contribution >= 4 is 17.3 Å². The number of para-hydroxylation sites is 1. The van der Waals surface area contributed by atoms with E-state index in [4.69, 9.17) is 5.73 Å². The Bertz CT molecular complexity index is 482. The van der Waals surface area contributed by atoms with Gasteiger partial charge in [-0.1, -0.05) is 6.07 Å². The van der Waals surface area contributed by atoms with Gasteiger partial charge in [0.25, 0.3) is 0 Å². The summed E-state index contributed by atoms with van der Waals surface area (Å²) in [5.74, 6) is -0.333. The standard InChI is InChI=1S/C15H23N3O2/c1-17-8-6-11(7-9-17)10-18(2)14-12(15(19)20)4-3-5-13(14)16/h3-5,11H,6-10,16H2,1-2H3,(H,19,20). The van der Waals surface area contributed by atoms with E-state index in [9.17, 15) is 9.90 Å². The van der Waals surface area contributed by atoms with E-state index < -0.39 is 5.97 Å². The minimum atomic E-state index is -0.928. The molecule has 0 saturated carbocycles. The van der Waals surface area contributed by atoms with Crippen molar-refractivity contribution in [3.05, 3.63) is 23.8 Å². The summed E-state index contributed by atoms with van der Waals surface area (Å²) in [7, 11) is 4.06. The Morgan fingerprint density at radius 3 is 2.70 bits per heavy atom. The minimum absolute atomic E-state index is 0.278. The molecule has 0 atom stereocenters. The predicted molar refractivity (Wildman–Crippen MR) is 81.3 cm³/mol. The van der Waals surface area contributed by atoms with Gasteiger partial charge in [0.15, 0.2) is 0 Å². The van der Waals surface area contributed by atoms with Crippen molar-refractivity contribution < 1.29 is 9.90 Å². The predicted octanol–water partition coefficient (Wildman–Crippen LogP) is 1.74. The molecular formula is C15H23N3O2. The Balaban J connectivity index is 2.13. The molecule has 20 heavy (non-hydrogen) atoms. The van der Waals surface area contributed by atoms with E-state index in [0.29, 0.717) is 17.3 Å². The summed E-state index contributed by atoms with van der Waals surface area (Å²) >= 11 is 0. The molecule has 1 aliphatic heterocycles. The summed E-state index contributed by atoms with van der Waals surface area (Å²) in [6.07, 6.45) is 2.30. The summed E-state index contributed by atoms with van der Waals surface area (Å²) in [6.45, 7) is 3.06. The first-order chi connectivity index (χ1) is 9.49. The number of benzene rings is 1. The second-order valence-electron chi connectivity index (χ2n) is 5.68. The van der Waals surface area contributed by atoms with Crippen LogP contribution in [0.2, 0.25) is 0 Å².